The molecule has 0 amide bonds. The van der Waals surface area contributed by atoms with E-state index in [1.165, 1.54) is 109 Å². The molecular formula is C74H68N2Si2. The zero-order valence-corrected chi connectivity index (χ0v) is 48.8. The van der Waals surface area contributed by atoms with E-state index in [0.29, 0.717) is 0 Å². The molecule has 0 aromatic heterocycles. The van der Waals surface area contributed by atoms with E-state index in [2.05, 4.69) is 307 Å². The summed E-state index contributed by atoms with van der Waals surface area (Å²) in [6, 6.07) is 87.9. The Morgan fingerprint density at radius 1 is 0.256 bits per heavy atom. The van der Waals surface area contributed by atoms with Crippen molar-refractivity contribution in [2.24, 2.45) is 0 Å². The van der Waals surface area contributed by atoms with Gasteiger partial charge in [0.15, 0.2) is 0 Å². The third-order valence-corrected chi connectivity index (χ3v) is 20.0. The molecule has 0 N–H and O–H groups in total. The molecule has 4 heteroatoms. The normalized spacial score (nSPS) is 12.0. The number of anilines is 6. The van der Waals surface area contributed by atoms with E-state index in [9.17, 15) is 0 Å². The van der Waals surface area contributed by atoms with E-state index in [-0.39, 0.29) is 0 Å². The summed E-state index contributed by atoms with van der Waals surface area (Å²) in [6.07, 6.45) is 0. The van der Waals surface area contributed by atoms with Gasteiger partial charge < -0.3 is 9.80 Å². The van der Waals surface area contributed by atoms with Crippen LogP contribution in [0.4, 0.5) is 34.1 Å². The summed E-state index contributed by atoms with van der Waals surface area (Å²) in [5.74, 6) is 0. The van der Waals surface area contributed by atoms with Crippen LogP contribution in [0.3, 0.4) is 0 Å². The van der Waals surface area contributed by atoms with Crippen molar-refractivity contribution in [3.63, 3.8) is 0 Å². The summed E-state index contributed by atoms with van der Waals surface area (Å²) < 4.78 is 0. The standard InChI is InChI=1S/C74H68N2Si2/c1-49-15-11-19-55(39-49)59-43-60(56-20-12-16-50(2)40-56)46-65(45-59)75(63-27-31-67(32-28-63)77(5,6)7)71-37-25-53-24-36-70-72(38-26-54-23-35-69(71)73(53)74(54)70)76(64-29-33-68(34-30-64)78(8,9)10)66-47-61(57-21-13-17-51(3)41-57)44-62(48-66)58-22-14-18-52(4)42-58/h11-48H,1-10H3. The van der Waals surface area contributed by atoms with Crippen molar-refractivity contribution in [1.82, 2.24) is 0 Å². The van der Waals surface area contributed by atoms with Gasteiger partial charge in [0.05, 0.1) is 27.5 Å². The van der Waals surface area contributed by atoms with E-state index in [4.69, 9.17) is 0 Å². The number of hydrogen-bond donors (Lipinski definition) is 0. The first-order valence-electron chi connectivity index (χ1n) is 27.6. The minimum atomic E-state index is -1.60. The number of hydrogen-bond acceptors (Lipinski definition) is 2. The van der Waals surface area contributed by atoms with Crippen molar-refractivity contribution in [2.75, 3.05) is 9.80 Å². The fourth-order valence-corrected chi connectivity index (χ4v) is 14.0. The Labute approximate surface area is 464 Å². The van der Waals surface area contributed by atoms with Crippen molar-refractivity contribution in [3.05, 3.63) is 253 Å². The average Bonchev–Trinajstić information content (AvgIpc) is 3.48. The maximum absolute atomic E-state index is 2.52. The molecule has 382 valence electrons. The Hall–Kier alpha value is -8.29. The molecule has 0 atom stereocenters. The predicted molar refractivity (Wildman–Crippen MR) is 346 cm³/mol. The largest absolute Gasteiger partial charge is 0.310 e. The fraction of sp³-hybridized carbons (Fsp3) is 0.135. The first-order valence-corrected chi connectivity index (χ1v) is 34.6. The van der Waals surface area contributed by atoms with E-state index < -0.39 is 16.1 Å². The summed E-state index contributed by atoms with van der Waals surface area (Å²) >= 11 is 0. The van der Waals surface area contributed by atoms with Gasteiger partial charge in [-0.15, -0.1) is 0 Å². The van der Waals surface area contributed by atoms with Gasteiger partial charge in [-0.2, -0.15) is 0 Å². The third-order valence-electron chi connectivity index (χ3n) is 15.8. The molecule has 12 rings (SSSR count). The molecule has 0 fully saturated rings. The average molecular weight is 1040 g/mol. The van der Waals surface area contributed by atoms with Gasteiger partial charge in [-0.25, -0.2) is 0 Å². The van der Waals surface area contributed by atoms with Crippen molar-refractivity contribution in [2.45, 2.75) is 67.0 Å². The van der Waals surface area contributed by atoms with Crippen molar-refractivity contribution >= 4 is 93.0 Å². The fourth-order valence-electron chi connectivity index (χ4n) is 11.7. The number of aryl methyl sites for hydroxylation is 4. The number of nitrogens with zero attached hydrogens (tertiary/aromatic N) is 2. The molecule has 78 heavy (non-hydrogen) atoms. The van der Waals surface area contributed by atoms with Crippen LogP contribution in [0, 0.1) is 27.7 Å². The zero-order valence-electron chi connectivity index (χ0n) is 46.8. The van der Waals surface area contributed by atoms with Gasteiger partial charge in [0.1, 0.15) is 0 Å². The summed E-state index contributed by atoms with van der Waals surface area (Å²) in [5, 5.41) is 10.3. The third kappa shape index (κ3) is 9.76. The minimum Gasteiger partial charge on any atom is -0.310 e. The molecule has 12 aromatic carbocycles. The molecule has 2 nitrogen and oxygen atoms in total. The lowest BCUT2D eigenvalue weighted by Gasteiger charge is -2.31. The van der Waals surface area contributed by atoms with E-state index in [1.807, 2.05) is 0 Å². The summed E-state index contributed by atoms with van der Waals surface area (Å²) in [6.45, 7) is 23.3. The van der Waals surface area contributed by atoms with Crippen LogP contribution in [0.15, 0.2) is 231 Å². The lowest BCUT2D eigenvalue weighted by atomic mass is 9.91. The van der Waals surface area contributed by atoms with Crippen molar-refractivity contribution in [1.29, 1.82) is 0 Å². The Bertz CT molecular complexity index is 3810. The Morgan fingerprint density at radius 3 is 0.833 bits per heavy atom. The molecular weight excluding hydrogens is 973 g/mol. The highest BCUT2D eigenvalue weighted by atomic mass is 28.3. The monoisotopic (exact) mass is 1040 g/mol. The second kappa shape index (κ2) is 19.9. The molecule has 0 bridgehead atoms. The molecule has 0 saturated heterocycles. The van der Waals surface area contributed by atoms with Crippen LogP contribution in [0.2, 0.25) is 39.3 Å². The van der Waals surface area contributed by atoms with E-state index in [1.54, 1.807) is 0 Å². The SMILES string of the molecule is Cc1cccc(-c2cc(-c3cccc(C)c3)cc(N(c3ccc([Si](C)(C)C)cc3)c3ccc4ccc5c(N(c6ccc([Si](C)(C)C)cc6)c6cc(-c7cccc(C)c7)cc(-c7cccc(C)c7)c6)ccc6ccc3c4c65)c2)c1. The Morgan fingerprint density at radius 2 is 0.551 bits per heavy atom. The molecule has 0 unspecified atom stereocenters. The van der Waals surface area contributed by atoms with Crippen LogP contribution in [-0.4, -0.2) is 16.1 Å². The van der Waals surface area contributed by atoms with E-state index in [0.717, 1.165) is 34.1 Å². The van der Waals surface area contributed by atoms with Crippen LogP contribution in [0.1, 0.15) is 22.3 Å². The maximum atomic E-state index is 2.52. The van der Waals surface area contributed by atoms with Gasteiger partial charge in [0, 0.05) is 33.5 Å². The first-order chi connectivity index (χ1) is 37.5. The molecule has 0 aliphatic carbocycles. The molecule has 0 spiro atoms. The second-order valence-electron chi connectivity index (χ2n) is 23.9. The van der Waals surface area contributed by atoms with E-state index >= 15 is 0 Å². The molecule has 0 aliphatic rings. The van der Waals surface area contributed by atoms with Crippen molar-refractivity contribution < 1.29 is 0 Å². The van der Waals surface area contributed by atoms with Gasteiger partial charge >= 0.3 is 0 Å². The zero-order chi connectivity index (χ0) is 54.0. The topological polar surface area (TPSA) is 6.48 Å². The maximum Gasteiger partial charge on any atom is 0.0775 e. The number of rotatable bonds is 12. The van der Waals surface area contributed by atoms with Crippen molar-refractivity contribution in [3.8, 4) is 44.5 Å². The summed E-state index contributed by atoms with van der Waals surface area (Å²) in [5.41, 5.74) is 21.3. The summed E-state index contributed by atoms with van der Waals surface area (Å²) in [7, 11) is -3.19. The molecule has 12 aromatic rings. The van der Waals surface area contributed by atoms with Gasteiger partial charge in [0.25, 0.3) is 0 Å². The highest BCUT2D eigenvalue weighted by molar-refractivity contribution is 6.89. The highest BCUT2D eigenvalue weighted by Gasteiger charge is 2.25. The lowest BCUT2D eigenvalue weighted by Crippen LogP contribution is -2.37. The second-order valence-corrected chi connectivity index (χ2v) is 34.0. The van der Waals surface area contributed by atoms with Crippen LogP contribution in [0.5, 0.6) is 0 Å². The Balaban J connectivity index is 1.12. The van der Waals surface area contributed by atoms with Crippen LogP contribution >= 0.6 is 0 Å². The molecule has 0 radical (unpaired) electrons. The lowest BCUT2D eigenvalue weighted by molar-refractivity contribution is 1.30. The quantitative estimate of drug-likeness (QED) is 0.0889. The van der Waals surface area contributed by atoms with Gasteiger partial charge in [-0.05, 0) is 167 Å². The van der Waals surface area contributed by atoms with Gasteiger partial charge in [0.2, 0.25) is 0 Å². The first kappa shape index (κ1) is 50.5. The van der Waals surface area contributed by atoms with Crippen LogP contribution < -0.4 is 20.2 Å². The van der Waals surface area contributed by atoms with Gasteiger partial charge in [-0.3, -0.25) is 0 Å². The predicted octanol–water partition coefficient (Wildman–Crippen LogP) is 20.5. The van der Waals surface area contributed by atoms with Crippen LogP contribution in [0.25, 0.3) is 76.8 Å². The molecule has 0 aliphatic heterocycles. The van der Waals surface area contributed by atoms with Gasteiger partial charge in [-0.1, -0.05) is 230 Å². The molecule has 0 heterocycles. The molecule has 0 saturated carbocycles. The number of benzene rings is 12. The summed E-state index contributed by atoms with van der Waals surface area (Å²) in [4.78, 5) is 5.05. The minimum absolute atomic E-state index is 1.12. The smallest absolute Gasteiger partial charge is 0.0775 e. The van der Waals surface area contributed by atoms with Crippen LogP contribution in [-0.2, 0) is 0 Å². The Kier molecular flexibility index (Phi) is 12.9. The highest BCUT2D eigenvalue weighted by Crippen LogP contribution is 2.49.